The van der Waals surface area contributed by atoms with Crippen LogP contribution in [0, 0.1) is 5.82 Å². The Hall–Kier alpha value is -2.70. The average molecular weight is 348 g/mol. The number of ether oxygens (including phenoxy) is 1. The molecule has 0 saturated heterocycles. The van der Waals surface area contributed by atoms with Crippen LogP contribution in [0.1, 0.15) is 32.1 Å². The Bertz CT molecular complexity index is 697. The van der Waals surface area contributed by atoms with Gasteiger partial charge in [-0.05, 0) is 30.7 Å². The van der Waals surface area contributed by atoms with E-state index < -0.39 is 5.97 Å². The summed E-state index contributed by atoms with van der Waals surface area (Å²) < 4.78 is 23.3. The third kappa shape index (κ3) is 6.37. The van der Waals surface area contributed by atoms with E-state index >= 15 is 0 Å². The highest BCUT2D eigenvalue weighted by atomic mass is 19.1. The first-order valence-electron chi connectivity index (χ1n) is 8.21. The molecule has 0 aliphatic carbocycles. The summed E-state index contributed by atoms with van der Waals surface area (Å²) in [5, 5.41) is 2.66. The second kappa shape index (κ2) is 9.56. The van der Waals surface area contributed by atoms with E-state index in [4.69, 9.17) is 9.15 Å². The van der Waals surface area contributed by atoms with Crippen LogP contribution >= 0.6 is 0 Å². The van der Waals surface area contributed by atoms with Crippen LogP contribution in [0.15, 0.2) is 34.9 Å². The van der Waals surface area contributed by atoms with E-state index in [2.05, 4.69) is 10.3 Å². The Morgan fingerprint density at radius 2 is 2.04 bits per heavy atom. The van der Waals surface area contributed by atoms with Gasteiger partial charge in [0.2, 0.25) is 0 Å². The maximum Gasteiger partial charge on any atom is 0.306 e. The van der Waals surface area contributed by atoms with E-state index in [1.165, 1.54) is 18.3 Å². The summed E-state index contributed by atoms with van der Waals surface area (Å²) >= 11 is 0. The summed E-state index contributed by atoms with van der Waals surface area (Å²) in [6.07, 6.45) is 3.72. The van der Waals surface area contributed by atoms with Crippen molar-refractivity contribution in [2.45, 2.75) is 32.6 Å². The molecule has 134 valence electrons. The number of oxazole rings is 1. The molecule has 1 heterocycles. The maximum atomic E-state index is 12.9. The largest absolute Gasteiger partial charge is 0.456 e. The van der Waals surface area contributed by atoms with Gasteiger partial charge in [-0.15, -0.1) is 0 Å². The quantitative estimate of drug-likeness (QED) is 0.557. The fourth-order valence-corrected chi connectivity index (χ4v) is 2.06. The zero-order valence-corrected chi connectivity index (χ0v) is 14.1. The predicted molar refractivity (Wildman–Crippen MR) is 89.1 cm³/mol. The Labute approximate surface area is 145 Å². The van der Waals surface area contributed by atoms with Gasteiger partial charge in [-0.1, -0.05) is 13.3 Å². The van der Waals surface area contributed by atoms with Crippen LogP contribution in [0.5, 0.6) is 0 Å². The van der Waals surface area contributed by atoms with E-state index in [1.807, 2.05) is 6.92 Å². The normalized spacial score (nSPS) is 10.5. The van der Waals surface area contributed by atoms with Crippen molar-refractivity contribution in [3.8, 4) is 11.3 Å². The fraction of sp³-hybridized carbons (Fsp3) is 0.389. The fourth-order valence-electron chi connectivity index (χ4n) is 2.06. The lowest BCUT2D eigenvalue weighted by Gasteiger charge is -2.05. The van der Waals surface area contributed by atoms with Gasteiger partial charge in [-0.3, -0.25) is 9.59 Å². The average Bonchev–Trinajstić information content (AvgIpc) is 3.08. The summed E-state index contributed by atoms with van der Waals surface area (Å²) in [4.78, 5) is 27.2. The van der Waals surface area contributed by atoms with Gasteiger partial charge in [-0.25, -0.2) is 9.37 Å². The molecule has 0 aliphatic heterocycles. The van der Waals surface area contributed by atoms with Crippen LogP contribution in [0.2, 0.25) is 0 Å². The van der Waals surface area contributed by atoms with Crippen LogP contribution in [0.3, 0.4) is 0 Å². The Balaban J connectivity index is 1.73. The summed E-state index contributed by atoms with van der Waals surface area (Å²) in [7, 11) is 0. The van der Waals surface area contributed by atoms with Crippen LogP contribution in [-0.2, 0) is 20.7 Å². The lowest BCUT2D eigenvalue weighted by atomic mass is 10.2. The molecule has 7 heteroatoms. The number of carbonyl (C=O) groups excluding carboxylic acids is 2. The molecule has 0 bridgehead atoms. The molecule has 1 amide bonds. The van der Waals surface area contributed by atoms with Crippen molar-refractivity contribution >= 4 is 11.9 Å². The molecule has 1 aromatic carbocycles. The number of nitrogens with zero attached hydrogens (tertiary/aromatic N) is 1. The highest BCUT2D eigenvalue weighted by molar-refractivity contribution is 5.80. The van der Waals surface area contributed by atoms with Crippen LogP contribution in [0.4, 0.5) is 4.39 Å². The molecule has 0 fully saturated rings. The highest BCUT2D eigenvalue weighted by Crippen LogP contribution is 2.21. The van der Waals surface area contributed by atoms with E-state index in [9.17, 15) is 14.0 Å². The van der Waals surface area contributed by atoms with Crippen LogP contribution < -0.4 is 5.32 Å². The molecule has 0 atom stereocenters. The number of unbranched alkanes of at least 4 members (excludes halogenated alkanes) is 1. The zero-order chi connectivity index (χ0) is 18.1. The number of amides is 1. The smallest absolute Gasteiger partial charge is 0.306 e. The topological polar surface area (TPSA) is 81.4 Å². The lowest BCUT2D eigenvalue weighted by molar-refractivity contribution is -0.148. The number of esters is 1. The molecule has 25 heavy (non-hydrogen) atoms. The number of hydrogen-bond donors (Lipinski definition) is 1. The molecule has 1 N–H and O–H groups in total. The molecule has 2 rings (SSSR count). The SMILES string of the molecule is CCCCNC(=O)COC(=O)CCc1ncc(-c2ccc(F)cc2)o1. The molecule has 0 radical (unpaired) electrons. The summed E-state index contributed by atoms with van der Waals surface area (Å²) in [5.74, 6) is -0.254. The van der Waals surface area contributed by atoms with Crippen molar-refractivity contribution in [3.05, 3.63) is 42.2 Å². The first-order valence-corrected chi connectivity index (χ1v) is 8.21. The Kier molecular flexibility index (Phi) is 7.13. The van der Waals surface area contributed by atoms with Gasteiger partial charge >= 0.3 is 5.97 Å². The van der Waals surface area contributed by atoms with Gasteiger partial charge in [0, 0.05) is 18.5 Å². The number of carbonyl (C=O) groups is 2. The molecule has 2 aromatic rings. The summed E-state index contributed by atoms with van der Waals surface area (Å²) in [6, 6.07) is 5.84. The van der Waals surface area contributed by atoms with Crippen molar-refractivity contribution in [2.75, 3.05) is 13.2 Å². The summed E-state index contributed by atoms with van der Waals surface area (Å²) in [6.45, 7) is 2.32. The number of halogens is 1. The molecule has 0 aliphatic rings. The van der Waals surface area contributed by atoms with Crippen molar-refractivity contribution in [2.24, 2.45) is 0 Å². The van der Waals surface area contributed by atoms with E-state index in [0.29, 0.717) is 23.8 Å². The molecule has 1 aromatic heterocycles. The van der Waals surface area contributed by atoms with Crippen molar-refractivity contribution < 1.29 is 23.1 Å². The Morgan fingerprint density at radius 3 is 2.76 bits per heavy atom. The molecule has 6 nitrogen and oxygen atoms in total. The second-order valence-corrected chi connectivity index (χ2v) is 5.49. The van der Waals surface area contributed by atoms with Crippen LogP contribution in [0.25, 0.3) is 11.3 Å². The van der Waals surface area contributed by atoms with Crippen molar-refractivity contribution in [1.29, 1.82) is 0 Å². The van der Waals surface area contributed by atoms with Gasteiger partial charge in [0.15, 0.2) is 18.3 Å². The van der Waals surface area contributed by atoms with Gasteiger partial charge < -0.3 is 14.5 Å². The number of aryl methyl sites for hydroxylation is 1. The predicted octanol–water partition coefficient (Wildman–Crippen LogP) is 2.87. The second-order valence-electron chi connectivity index (χ2n) is 5.49. The zero-order valence-electron chi connectivity index (χ0n) is 14.1. The van der Waals surface area contributed by atoms with E-state index in [1.54, 1.807) is 12.1 Å². The summed E-state index contributed by atoms with van der Waals surface area (Å²) in [5.41, 5.74) is 0.700. The minimum absolute atomic E-state index is 0.0611. The molecule has 0 spiro atoms. The van der Waals surface area contributed by atoms with Gasteiger partial charge in [0.05, 0.1) is 12.6 Å². The monoisotopic (exact) mass is 348 g/mol. The number of aromatic nitrogens is 1. The Morgan fingerprint density at radius 1 is 1.28 bits per heavy atom. The number of nitrogens with one attached hydrogen (secondary N) is 1. The lowest BCUT2D eigenvalue weighted by Crippen LogP contribution is -2.29. The standard InChI is InChI=1S/C18H21FN2O4/c1-2-3-10-20-16(22)12-24-18(23)9-8-17-21-11-15(25-17)13-4-6-14(19)7-5-13/h4-7,11H,2-3,8-10,12H2,1H3,(H,20,22). The molecular weight excluding hydrogens is 327 g/mol. The minimum Gasteiger partial charge on any atom is -0.456 e. The first kappa shape index (κ1) is 18.6. The van der Waals surface area contributed by atoms with E-state index in [0.717, 1.165) is 12.8 Å². The van der Waals surface area contributed by atoms with Gasteiger partial charge in [-0.2, -0.15) is 0 Å². The first-order chi connectivity index (χ1) is 12.1. The number of benzene rings is 1. The third-order valence-corrected chi connectivity index (χ3v) is 3.44. The highest BCUT2D eigenvalue weighted by Gasteiger charge is 2.11. The molecular formula is C18H21FN2O4. The number of hydrogen-bond acceptors (Lipinski definition) is 5. The minimum atomic E-state index is -0.493. The molecule has 0 saturated carbocycles. The number of rotatable bonds is 9. The van der Waals surface area contributed by atoms with Crippen molar-refractivity contribution in [1.82, 2.24) is 10.3 Å². The maximum absolute atomic E-state index is 12.9. The van der Waals surface area contributed by atoms with Gasteiger partial charge in [0.1, 0.15) is 5.82 Å². The van der Waals surface area contributed by atoms with Crippen LogP contribution in [-0.4, -0.2) is 30.0 Å². The third-order valence-electron chi connectivity index (χ3n) is 3.44. The van der Waals surface area contributed by atoms with Gasteiger partial charge in [0.25, 0.3) is 5.91 Å². The van der Waals surface area contributed by atoms with E-state index in [-0.39, 0.29) is 31.2 Å². The van der Waals surface area contributed by atoms with Crippen molar-refractivity contribution in [3.63, 3.8) is 0 Å². The molecule has 0 unspecified atom stereocenters.